The van der Waals surface area contributed by atoms with Gasteiger partial charge >= 0.3 is 0 Å². The van der Waals surface area contributed by atoms with E-state index in [4.69, 9.17) is 0 Å². The molecular formula is C23H19N7OS. The minimum absolute atomic E-state index is 0.0990. The third-order valence-corrected chi connectivity index (χ3v) is 5.55. The zero-order valence-electron chi connectivity index (χ0n) is 17.4. The Morgan fingerprint density at radius 2 is 1.75 bits per heavy atom. The number of hydrogen-bond donors (Lipinski definition) is 2. The second-order valence-electron chi connectivity index (χ2n) is 7.19. The van der Waals surface area contributed by atoms with Gasteiger partial charge in [-0.05, 0) is 19.1 Å². The Morgan fingerprint density at radius 1 is 0.969 bits per heavy atom. The zero-order chi connectivity index (χ0) is 22.1. The van der Waals surface area contributed by atoms with Crippen molar-refractivity contribution < 1.29 is 4.79 Å². The highest BCUT2D eigenvalue weighted by molar-refractivity contribution is 7.15. The van der Waals surface area contributed by atoms with Crippen molar-refractivity contribution in [2.24, 2.45) is 0 Å². The number of anilines is 3. The van der Waals surface area contributed by atoms with Crippen molar-refractivity contribution in [3.8, 4) is 22.5 Å². The van der Waals surface area contributed by atoms with Gasteiger partial charge in [0.1, 0.15) is 11.6 Å². The third-order valence-electron chi connectivity index (χ3n) is 4.73. The van der Waals surface area contributed by atoms with E-state index >= 15 is 0 Å². The van der Waals surface area contributed by atoms with Crippen LogP contribution in [0.3, 0.4) is 0 Å². The van der Waals surface area contributed by atoms with Crippen LogP contribution in [0, 0.1) is 6.92 Å². The number of rotatable bonds is 5. The largest absolute Gasteiger partial charge is 0.326 e. The summed E-state index contributed by atoms with van der Waals surface area (Å²) >= 11 is 1.51. The topological polar surface area (TPSA) is 97.1 Å². The number of aromatic nitrogens is 5. The predicted molar refractivity (Wildman–Crippen MR) is 126 cm³/mol. The van der Waals surface area contributed by atoms with Crippen LogP contribution in [-0.2, 0) is 4.79 Å². The van der Waals surface area contributed by atoms with Crippen molar-refractivity contribution in [2.75, 3.05) is 10.6 Å². The van der Waals surface area contributed by atoms with Gasteiger partial charge in [0.25, 0.3) is 0 Å². The highest BCUT2D eigenvalue weighted by Crippen LogP contribution is 2.28. The molecule has 8 nitrogen and oxygen atoms in total. The number of carbonyl (C=O) groups is 1. The first-order valence-corrected chi connectivity index (χ1v) is 10.8. The average Bonchev–Trinajstić information content (AvgIpc) is 3.34. The second kappa shape index (κ2) is 8.20. The molecular weight excluding hydrogens is 422 g/mol. The highest BCUT2D eigenvalue weighted by Gasteiger charge is 2.13. The fraction of sp³-hybridized carbons (Fsp3) is 0.0870. The molecule has 9 heteroatoms. The SMILES string of the molecule is CC(=O)Nc1ccc(-c2csc3nc(Nc4cc(-c5ccccc5)nc(C)n4)nn23)cc1. The van der Waals surface area contributed by atoms with Gasteiger partial charge in [-0.3, -0.25) is 4.79 Å². The van der Waals surface area contributed by atoms with Gasteiger partial charge in [-0.25, -0.2) is 14.5 Å². The molecule has 3 aromatic heterocycles. The quantitative estimate of drug-likeness (QED) is 0.402. The van der Waals surface area contributed by atoms with Crippen molar-refractivity contribution >= 4 is 39.7 Å². The Labute approximate surface area is 188 Å². The van der Waals surface area contributed by atoms with Crippen LogP contribution in [-0.4, -0.2) is 30.5 Å². The Kier molecular flexibility index (Phi) is 5.08. The first kappa shape index (κ1) is 19.8. The number of nitrogens with zero attached hydrogens (tertiary/aromatic N) is 5. The molecule has 0 fully saturated rings. The second-order valence-corrected chi connectivity index (χ2v) is 8.02. The normalized spacial score (nSPS) is 10.9. The number of nitrogens with one attached hydrogen (secondary N) is 2. The number of fused-ring (bicyclic) bond motifs is 1. The van der Waals surface area contributed by atoms with E-state index in [2.05, 4.69) is 30.7 Å². The first-order chi connectivity index (χ1) is 15.5. The van der Waals surface area contributed by atoms with Gasteiger partial charge in [0.05, 0.1) is 11.4 Å². The van der Waals surface area contributed by atoms with Crippen molar-refractivity contribution in [3.63, 3.8) is 0 Å². The van der Waals surface area contributed by atoms with Gasteiger partial charge < -0.3 is 10.6 Å². The van der Waals surface area contributed by atoms with Gasteiger partial charge in [-0.2, -0.15) is 4.98 Å². The molecule has 0 radical (unpaired) electrons. The summed E-state index contributed by atoms with van der Waals surface area (Å²) in [6, 6.07) is 19.5. The van der Waals surface area contributed by atoms with Gasteiger partial charge in [0.2, 0.25) is 16.8 Å². The lowest BCUT2D eigenvalue weighted by molar-refractivity contribution is -0.114. The molecule has 0 spiro atoms. The van der Waals surface area contributed by atoms with E-state index in [0.29, 0.717) is 17.6 Å². The summed E-state index contributed by atoms with van der Waals surface area (Å²) in [7, 11) is 0. The van der Waals surface area contributed by atoms with Crippen LogP contribution in [0.1, 0.15) is 12.7 Å². The average molecular weight is 442 g/mol. The van der Waals surface area contributed by atoms with Crippen LogP contribution in [0.5, 0.6) is 0 Å². The fourth-order valence-corrected chi connectivity index (χ4v) is 4.19. The Balaban J connectivity index is 1.43. The summed E-state index contributed by atoms with van der Waals surface area (Å²) < 4.78 is 1.80. The van der Waals surface area contributed by atoms with Gasteiger partial charge in [0.15, 0.2) is 0 Å². The summed E-state index contributed by atoms with van der Waals surface area (Å²) in [4.78, 5) is 25.6. The summed E-state index contributed by atoms with van der Waals surface area (Å²) in [5.41, 5.74) is 4.50. The maximum Gasteiger partial charge on any atom is 0.249 e. The molecule has 0 bridgehead atoms. The molecule has 0 unspecified atom stereocenters. The molecule has 5 rings (SSSR count). The standard InChI is InChI=1S/C23H19N7OS/c1-14-24-19(16-6-4-3-5-7-16)12-21(25-14)27-22-28-23-30(29-22)20(13-32-23)17-8-10-18(11-9-17)26-15(2)31/h3-13H,1-2H3,(H,26,31)(H,24,25,27,29). The molecule has 158 valence electrons. The number of aryl methyl sites for hydroxylation is 1. The number of carbonyl (C=O) groups excluding carboxylic acids is 1. The number of benzene rings is 2. The minimum Gasteiger partial charge on any atom is -0.326 e. The maximum atomic E-state index is 11.2. The van der Waals surface area contributed by atoms with E-state index in [-0.39, 0.29) is 5.91 Å². The summed E-state index contributed by atoms with van der Waals surface area (Å²) in [5, 5.41) is 12.6. The van der Waals surface area contributed by atoms with E-state index in [0.717, 1.165) is 33.2 Å². The molecule has 32 heavy (non-hydrogen) atoms. The summed E-state index contributed by atoms with van der Waals surface area (Å²) in [5.74, 6) is 1.66. The van der Waals surface area contributed by atoms with E-state index in [1.165, 1.54) is 18.3 Å². The van der Waals surface area contributed by atoms with Crippen molar-refractivity contribution in [1.82, 2.24) is 24.6 Å². The van der Waals surface area contributed by atoms with E-state index in [1.54, 1.807) is 4.52 Å². The van der Waals surface area contributed by atoms with Crippen LogP contribution < -0.4 is 10.6 Å². The molecule has 0 aliphatic carbocycles. The Morgan fingerprint density at radius 3 is 2.50 bits per heavy atom. The highest BCUT2D eigenvalue weighted by atomic mass is 32.1. The van der Waals surface area contributed by atoms with E-state index in [9.17, 15) is 4.79 Å². The fourth-order valence-electron chi connectivity index (χ4n) is 3.36. The molecule has 2 aromatic carbocycles. The lowest BCUT2D eigenvalue weighted by atomic mass is 10.1. The number of hydrogen-bond acceptors (Lipinski definition) is 7. The number of amides is 1. The lowest BCUT2D eigenvalue weighted by Gasteiger charge is -2.06. The molecule has 0 atom stereocenters. The zero-order valence-corrected chi connectivity index (χ0v) is 18.2. The molecule has 0 aliphatic heterocycles. The molecule has 0 aliphatic rings. The van der Waals surface area contributed by atoms with Crippen LogP contribution in [0.25, 0.3) is 27.5 Å². The first-order valence-electron chi connectivity index (χ1n) is 9.95. The molecule has 5 aromatic rings. The smallest absolute Gasteiger partial charge is 0.249 e. The van der Waals surface area contributed by atoms with E-state index in [1.807, 2.05) is 73.0 Å². The van der Waals surface area contributed by atoms with Crippen molar-refractivity contribution in [3.05, 3.63) is 71.9 Å². The molecule has 1 amide bonds. The molecule has 2 N–H and O–H groups in total. The summed E-state index contributed by atoms with van der Waals surface area (Å²) in [6.45, 7) is 3.35. The van der Waals surface area contributed by atoms with Crippen molar-refractivity contribution in [2.45, 2.75) is 13.8 Å². The maximum absolute atomic E-state index is 11.2. The molecule has 3 heterocycles. The van der Waals surface area contributed by atoms with E-state index < -0.39 is 0 Å². The predicted octanol–water partition coefficient (Wildman–Crippen LogP) is 4.93. The monoisotopic (exact) mass is 441 g/mol. The van der Waals surface area contributed by atoms with Crippen LogP contribution in [0.2, 0.25) is 0 Å². The Hall–Kier alpha value is -4.11. The van der Waals surface area contributed by atoms with Crippen molar-refractivity contribution in [1.29, 1.82) is 0 Å². The molecule has 0 saturated heterocycles. The Bertz CT molecular complexity index is 1410. The van der Waals surface area contributed by atoms with Crippen LogP contribution in [0.4, 0.5) is 17.5 Å². The molecule has 0 saturated carbocycles. The van der Waals surface area contributed by atoms with Gasteiger partial charge in [0, 0.05) is 35.2 Å². The van der Waals surface area contributed by atoms with Gasteiger partial charge in [-0.15, -0.1) is 16.4 Å². The van der Waals surface area contributed by atoms with Gasteiger partial charge in [-0.1, -0.05) is 42.5 Å². The van der Waals surface area contributed by atoms with Crippen LogP contribution in [0.15, 0.2) is 66.0 Å². The lowest BCUT2D eigenvalue weighted by Crippen LogP contribution is -2.05. The minimum atomic E-state index is -0.0990. The number of thiazole rings is 1. The summed E-state index contributed by atoms with van der Waals surface area (Å²) in [6.07, 6.45) is 0. The van der Waals surface area contributed by atoms with Crippen LogP contribution >= 0.6 is 11.3 Å². The third kappa shape index (κ3) is 4.06.